The quantitative estimate of drug-likeness (QED) is 0.133. The summed E-state index contributed by atoms with van der Waals surface area (Å²) in [6.45, 7) is 14.2. The zero-order chi connectivity index (χ0) is 26.7. The van der Waals surface area contributed by atoms with Gasteiger partial charge in [0, 0.05) is 28.4 Å². The van der Waals surface area contributed by atoms with Crippen LogP contribution in [0.25, 0.3) is 0 Å². The molecule has 0 N–H and O–H groups in total. The van der Waals surface area contributed by atoms with E-state index in [1.807, 2.05) is 0 Å². The first kappa shape index (κ1) is 36.8. The lowest BCUT2D eigenvalue weighted by Crippen LogP contribution is -2.55. The van der Waals surface area contributed by atoms with Crippen LogP contribution in [0.4, 0.5) is 0 Å². The van der Waals surface area contributed by atoms with Crippen LogP contribution in [0.3, 0.4) is 0 Å². The fraction of sp³-hybridized carbons (Fsp3) is 1.00. The number of quaternary nitrogens is 2. The van der Waals surface area contributed by atoms with Gasteiger partial charge in [0.1, 0.15) is 26.2 Å². The highest BCUT2D eigenvalue weighted by Crippen LogP contribution is 2.08. The van der Waals surface area contributed by atoms with Gasteiger partial charge in [-0.15, -0.1) is 0 Å². The molecule has 0 aliphatic rings. The summed E-state index contributed by atoms with van der Waals surface area (Å²) >= 11 is 0. The standard InChI is InChI=1S/C20H44NO8.C5H14N/c1-22-13-17-26-9-5-21(6-10-27-18-14-23-2,7-11-28-19-15-24-3)8-12-29-20-16-25-4;1-5-6(2,3)4/h5-20H2,1-4H3;5H2,1-4H3/q2*+1. The van der Waals surface area contributed by atoms with Gasteiger partial charge in [-0.25, -0.2) is 0 Å². The molecule has 0 amide bonds. The maximum Gasteiger partial charge on any atom is 0.103 e. The van der Waals surface area contributed by atoms with Crippen LogP contribution in [0, 0.1) is 0 Å². The Labute approximate surface area is 215 Å². The lowest BCUT2D eigenvalue weighted by molar-refractivity contribution is -0.929. The molecule has 0 saturated heterocycles. The van der Waals surface area contributed by atoms with Gasteiger partial charge in [-0.1, -0.05) is 0 Å². The van der Waals surface area contributed by atoms with Crippen molar-refractivity contribution >= 4 is 0 Å². The van der Waals surface area contributed by atoms with E-state index >= 15 is 0 Å². The molecule has 0 saturated carbocycles. The molecule has 10 nitrogen and oxygen atoms in total. The second-order valence-electron chi connectivity index (χ2n) is 9.26. The molecule has 214 valence electrons. The molecule has 35 heavy (non-hydrogen) atoms. The first-order valence-corrected chi connectivity index (χ1v) is 12.7. The molecule has 0 rings (SSSR count). The summed E-state index contributed by atoms with van der Waals surface area (Å²) < 4.78 is 45.1. The number of methoxy groups -OCH3 is 4. The van der Waals surface area contributed by atoms with Gasteiger partial charge in [0.15, 0.2) is 0 Å². The second kappa shape index (κ2) is 26.7. The van der Waals surface area contributed by atoms with Gasteiger partial charge < -0.3 is 46.9 Å². The third-order valence-electron chi connectivity index (χ3n) is 5.52. The van der Waals surface area contributed by atoms with E-state index in [9.17, 15) is 0 Å². The summed E-state index contributed by atoms with van der Waals surface area (Å²) in [6.07, 6.45) is 0. The molecule has 0 aromatic heterocycles. The minimum atomic E-state index is 0.593. The van der Waals surface area contributed by atoms with Crippen molar-refractivity contribution in [3.63, 3.8) is 0 Å². The smallest absolute Gasteiger partial charge is 0.103 e. The van der Waals surface area contributed by atoms with E-state index in [0.29, 0.717) is 79.3 Å². The summed E-state index contributed by atoms with van der Waals surface area (Å²) in [7, 11) is 13.2. The van der Waals surface area contributed by atoms with Crippen molar-refractivity contribution in [1.82, 2.24) is 0 Å². The average Bonchev–Trinajstić information content (AvgIpc) is 2.83. The van der Waals surface area contributed by atoms with Crippen LogP contribution in [0.15, 0.2) is 0 Å². The number of rotatable bonds is 25. The molecule has 0 unspecified atom stereocenters. The SMILES string of the molecule is CC[N+](C)(C)C.COCCOCC[N+](CCOCCOC)(CCOCCOC)CCOCCOC. The van der Waals surface area contributed by atoms with E-state index in [-0.39, 0.29) is 0 Å². The molecular formula is C25H58N2O8+2. The normalized spacial score (nSPS) is 12.0. The Hall–Kier alpha value is -0.400. The number of ether oxygens (including phenoxy) is 8. The molecule has 0 bridgehead atoms. The van der Waals surface area contributed by atoms with E-state index in [4.69, 9.17) is 37.9 Å². The zero-order valence-corrected chi connectivity index (χ0v) is 24.2. The monoisotopic (exact) mass is 514 g/mol. The van der Waals surface area contributed by atoms with Crippen molar-refractivity contribution in [3.05, 3.63) is 0 Å². The first-order chi connectivity index (χ1) is 16.8. The molecule has 0 atom stereocenters. The van der Waals surface area contributed by atoms with Crippen LogP contribution in [-0.4, -0.2) is 171 Å². The van der Waals surface area contributed by atoms with Gasteiger partial charge in [-0.2, -0.15) is 0 Å². The van der Waals surface area contributed by atoms with E-state index < -0.39 is 0 Å². The topological polar surface area (TPSA) is 73.8 Å². The summed E-state index contributed by atoms with van der Waals surface area (Å²) in [4.78, 5) is 0. The Morgan fingerprint density at radius 1 is 0.400 bits per heavy atom. The highest BCUT2D eigenvalue weighted by atomic mass is 16.5. The number of nitrogens with zero attached hydrogens (tertiary/aromatic N) is 2. The fourth-order valence-electron chi connectivity index (χ4n) is 2.68. The predicted octanol–water partition coefficient (Wildman–Crippen LogP) is 1.17. The van der Waals surface area contributed by atoms with Crippen LogP contribution in [-0.2, 0) is 37.9 Å². The Morgan fingerprint density at radius 2 is 0.629 bits per heavy atom. The third-order valence-corrected chi connectivity index (χ3v) is 5.52. The zero-order valence-electron chi connectivity index (χ0n) is 24.2. The summed E-state index contributed by atoms with van der Waals surface area (Å²) in [5.74, 6) is 0. The molecule has 0 spiro atoms. The molecule has 0 aromatic carbocycles. The van der Waals surface area contributed by atoms with Crippen molar-refractivity contribution in [3.8, 4) is 0 Å². The van der Waals surface area contributed by atoms with Crippen LogP contribution >= 0.6 is 0 Å². The Bertz CT molecular complexity index is 350. The van der Waals surface area contributed by atoms with Crippen LogP contribution in [0.2, 0.25) is 0 Å². The number of hydrogen-bond donors (Lipinski definition) is 0. The molecule has 0 fully saturated rings. The van der Waals surface area contributed by atoms with Gasteiger partial charge in [0.05, 0.1) is 107 Å². The third kappa shape index (κ3) is 28.0. The molecule has 0 heterocycles. The molecule has 0 aromatic rings. The predicted molar refractivity (Wildman–Crippen MR) is 139 cm³/mol. The van der Waals surface area contributed by atoms with Gasteiger partial charge in [0.25, 0.3) is 0 Å². The minimum Gasteiger partial charge on any atom is -0.382 e. The molecular weight excluding hydrogens is 456 g/mol. The van der Waals surface area contributed by atoms with E-state index in [0.717, 1.165) is 35.1 Å². The van der Waals surface area contributed by atoms with E-state index in [1.165, 1.54) is 6.54 Å². The molecule has 0 radical (unpaired) electrons. The van der Waals surface area contributed by atoms with Gasteiger partial charge >= 0.3 is 0 Å². The summed E-state index contributed by atoms with van der Waals surface area (Å²) in [5, 5.41) is 0. The van der Waals surface area contributed by atoms with Gasteiger partial charge in [-0.3, -0.25) is 0 Å². The lowest BCUT2D eigenvalue weighted by atomic mass is 10.3. The summed E-state index contributed by atoms with van der Waals surface area (Å²) in [5.41, 5.74) is 0. The highest BCUT2D eigenvalue weighted by Gasteiger charge is 2.27. The van der Waals surface area contributed by atoms with Crippen molar-refractivity contribution in [1.29, 1.82) is 0 Å². The van der Waals surface area contributed by atoms with Crippen LogP contribution < -0.4 is 0 Å². The molecule has 10 heteroatoms. The van der Waals surface area contributed by atoms with E-state index in [2.05, 4.69) is 28.1 Å². The van der Waals surface area contributed by atoms with Gasteiger partial charge in [0.2, 0.25) is 0 Å². The molecule has 0 aliphatic heterocycles. The van der Waals surface area contributed by atoms with E-state index in [1.54, 1.807) is 28.4 Å². The molecule has 0 aliphatic carbocycles. The first-order valence-electron chi connectivity index (χ1n) is 12.7. The fourth-order valence-corrected chi connectivity index (χ4v) is 2.68. The van der Waals surface area contributed by atoms with Crippen LogP contribution in [0.1, 0.15) is 6.92 Å². The highest BCUT2D eigenvalue weighted by molar-refractivity contribution is 4.49. The maximum atomic E-state index is 5.74. The minimum absolute atomic E-state index is 0.593. The Balaban J connectivity index is 0. The Kier molecular flexibility index (Phi) is 28.0. The van der Waals surface area contributed by atoms with Crippen molar-refractivity contribution in [2.45, 2.75) is 6.92 Å². The lowest BCUT2D eigenvalue weighted by Gasteiger charge is -2.38. The average molecular weight is 515 g/mol. The largest absolute Gasteiger partial charge is 0.382 e. The van der Waals surface area contributed by atoms with Crippen molar-refractivity contribution in [2.75, 3.05) is 162 Å². The summed E-state index contributed by atoms with van der Waals surface area (Å²) in [6, 6.07) is 0. The second-order valence-corrected chi connectivity index (χ2v) is 9.26. The maximum absolute atomic E-state index is 5.74. The Morgan fingerprint density at radius 3 is 0.800 bits per heavy atom. The van der Waals surface area contributed by atoms with Gasteiger partial charge in [-0.05, 0) is 6.92 Å². The van der Waals surface area contributed by atoms with Crippen molar-refractivity contribution in [2.24, 2.45) is 0 Å². The number of hydrogen-bond acceptors (Lipinski definition) is 8. The van der Waals surface area contributed by atoms with Crippen LogP contribution in [0.5, 0.6) is 0 Å². The van der Waals surface area contributed by atoms with Crippen molar-refractivity contribution < 1.29 is 46.9 Å².